The number of rotatable bonds is 1. The average Bonchev–Trinajstić information content (AvgIpc) is 2.44. The molecule has 0 aliphatic heterocycles. The second-order valence-corrected chi connectivity index (χ2v) is 4.45. The van der Waals surface area contributed by atoms with Crippen molar-refractivity contribution >= 4 is 6.29 Å². The second kappa shape index (κ2) is 2.33. The molecule has 0 aromatic carbocycles. The van der Waals surface area contributed by atoms with Gasteiger partial charge < -0.3 is 4.79 Å². The summed E-state index contributed by atoms with van der Waals surface area (Å²) in [6, 6.07) is 0. The highest BCUT2D eigenvalue weighted by Gasteiger charge is 2.48. The first-order valence-corrected chi connectivity index (χ1v) is 4.69. The quantitative estimate of drug-likeness (QED) is 0.526. The van der Waals surface area contributed by atoms with Crippen LogP contribution in [-0.2, 0) is 4.79 Å². The van der Waals surface area contributed by atoms with E-state index in [0.29, 0.717) is 11.8 Å². The molecule has 2 fully saturated rings. The van der Waals surface area contributed by atoms with Gasteiger partial charge in [0.15, 0.2) is 0 Å². The van der Waals surface area contributed by atoms with Crippen LogP contribution in [0.25, 0.3) is 0 Å². The molecule has 1 heteroatoms. The Morgan fingerprint density at radius 2 is 2.00 bits per heavy atom. The molecular weight excluding hydrogens is 136 g/mol. The number of aldehydes is 1. The summed E-state index contributed by atoms with van der Waals surface area (Å²) in [4.78, 5) is 10.7. The van der Waals surface area contributed by atoms with Crippen LogP contribution in [0.4, 0.5) is 0 Å². The molecule has 5 unspecified atom stereocenters. The summed E-state index contributed by atoms with van der Waals surface area (Å²) in [5, 5.41) is 0. The predicted octanol–water partition coefficient (Wildman–Crippen LogP) is 2.11. The third-order valence-electron chi connectivity index (χ3n) is 3.96. The molecule has 0 N–H and O–H groups in total. The molecule has 5 atom stereocenters. The van der Waals surface area contributed by atoms with Gasteiger partial charge in [0.25, 0.3) is 0 Å². The molecule has 0 aromatic heterocycles. The molecule has 0 amide bonds. The van der Waals surface area contributed by atoms with Crippen LogP contribution >= 0.6 is 0 Å². The van der Waals surface area contributed by atoms with Gasteiger partial charge in [-0.25, -0.2) is 0 Å². The summed E-state index contributed by atoms with van der Waals surface area (Å²) in [6.45, 7) is 4.58. The molecule has 2 aliphatic carbocycles. The van der Waals surface area contributed by atoms with Gasteiger partial charge in [0.05, 0.1) is 0 Å². The first-order valence-electron chi connectivity index (χ1n) is 4.69. The van der Waals surface area contributed by atoms with Crippen molar-refractivity contribution in [1.29, 1.82) is 0 Å². The van der Waals surface area contributed by atoms with Crippen molar-refractivity contribution in [1.82, 2.24) is 0 Å². The Kier molecular flexibility index (Phi) is 1.55. The predicted molar refractivity (Wildman–Crippen MR) is 44.1 cm³/mol. The second-order valence-electron chi connectivity index (χ2n) is 4.45. The Hall–Kier alpha value is -0.330. The molecule has 0 saturated heterocycles. The molecule has 2 rings (SSSR count). The van der Waals surface area contributed by atoms with Crippen LogP contribution in [0.2, 0.25) is 0 Å². The van der Waals surface area contributed by atoms with Crippen molar-refractivity contribution < 1.29 is 4.79 Å². The molecule has 2 aliphatic rings. The van der Waals surface area contributed by atoms with Crippen molar-refractivity contribution in [2.75, 3.05) is 0 Å². The summed E-state index contributed by atoms with van der Waals surface area (Å²) in [7, 11) is 0. The fourth-order valence-electron chi connectivity index (χ4n) is 3.33. The Morgan fingerprint density at radius 3 is 2.45 bits per heavy atom. The van der Waals surface area contributed by atoms with Crippen LogP contribution in [0.15, 0.2) is 0 Å². The van der Waals surface area contributed by atoms with Crippen LogP contribution in [0, 0.1) is 29.6 Å². The van der Waals surface area contributed by atoms with Crippen molar-refractivity contribution in [2.45, 2.75) is 26.7 Å². The fourth-order valence-corrected chi connectivity index (χ4v) is 3.33. The zero-order valence-electron chi connectivity index (χ0n) is 7.29. The topological polar surface area (TPSA) is 17.1 Å². The first-order chi connectivity index (χ1) is 5.24. The number of carbonyl (C=O) groups is 1. The minimum atomic E-state index is 0.399. The SMILES string of the molecule is CC1CC2CC1C(C)C2C=O. The molecule has 0 radical (unpaired) electrons. The van der Waals surface area contributed by atoms with E-state index in [1.54, 1.807) is 0 Å². The van der Waals surface area contributed by atoms with Gasteiger partial charge in [0, 0.05) is 5.92 Å². The van der Waals surface area contributed by atoms with E-state index in [9.17, 15) is 4.79 Å². The van der Waals surface area contributed by atoms with E-state index in [0.717, 1.165) is 17.8 Å². The van der Waals surface area contributed by atoms with Crippen molar-refractivity contribution in [2.24, 2.45) is 29.6 Å². The molecule has 1 nitrogen and oxygen atoms in total. The monoisotopic (exact) mass is 152 g/mol. The van der Waals surface area contributed by atoms with Gasteiger partial charge in [-0.2, -0.15) is 0 Å². The highest BCUT2D eigenvalue weighted by Crippen LogP contribution is 2.54. The van der Waals surface area contributed by atoms with Gasteiger partial charge in [-0.1, -0.05) is 13.8 Å². The van der Waals surface area contributed by atoms with E-state index in [-0.39, 0.29) is 0 Å². The first kappa shape index (κ1) is 7.33. The minimum absolute atomic E-state index is 0.399. The smallest absolute Gasteiger partial charge is 0.123 e. The van der Waals surface area contributed by atoms with E-state index in [1.807, 2.05) is 0 Å². The highest BCUT2D eigenvalue weighted by atomic mass is 16.1. The summed E-state index contributed by atoms with van der Waals surface area (Å²) in [5.41, 5.74) is 0. The van der Waals surface area contributed by atoms with Gasteiger partial charge in [-0.3, -0.25) is 0 Å². The van der Waals surface area contributed by atoms with Crippen LogP contribution < -0.4 is 0 Å². The van der Waals surface area contributed by atoms with E-state index in [4.69, 9.17) is 0 Å². The average molecular weight is 152 g/mol. The lowest BCUT2D eigenvalue weighted by Gasteiger charge is -2.28. The third-order valence-corrected chi connectivity index (χ3v) is 3.96. The Labute approximate surface area is 68.2 Å². The van der Waals surface area contributed by atoms with E-state index >= 15 is 0 Å². The van der Waals surface area contributed by atoms with E-state index < -0.39 is 0 Å². The standard InChI is InChI=1S/C10H16O/c1-6-3-8-4-9(6)7(2)10(8)5-11/h5-10H,3-4H2,1-2H3. The summed E-state index contributed by atoms with van der Waals surface area (Å²) >= 11 is 0. The molecule has 11 heavy (non-hydrogen) atoms. The molecule has 2 bridgehead atoms. The normalized spacial score (nSPS) is 54.9. The van der Waals surface area contributed by atoms with E-state index in [1.165, 1.54) is 19.1 Å². The summed E-state index contributed by atoms with van der Waals surface area (Å²) < 4.78 is 0. The maximum absolute atomic E-state index is 10.7. The van der Waals surface area contributed by atoms with Gasteiger partial charge in [-0.05, 0) is 36.5 Å². The van der Waals surface area contributed by atoms with Gasteiger partial charge in [0.1, 0.15) is 6.29 Å². The lowest BCUT2D eigenvalue weighted by atomic mass is 9.76. The molecule has 2 saturated carbocycles. The van der Waals surface area contributed by atoms with Crippen molar-refractivity contribution in [3.63, 3.8) is 0 Å². The number of fused-ring (bicyclic) bond motifs is 2. The summed E-state index contributed by atoms with van der Waals surface area (Å²) in [6.07, 6.45) is 3.82. The molecule has 0 spiro atoms. The van der Waals surface area contributed by atoms with Crippen LogP contribution in [0.1, 0.15) is 26.7 Å². The lowest BCUT2D eigenvalue weighted by molar-refractivity contribution is -0.114. The van der Waals surface area contributed by atoms with Gasteiger partial charge >= 0.3 is 0 Å². The minimum Gasteiger partial charge on any atom is -0.303 e. The van der Waals surface area contributed by atoms with Gasteiger partial charge in [-0.15, -0.1) is 0 Å². The Balaban J connectivity index is 2.17. The zero-order chi connectivity index (χ0) is 8.01. The number of carbonyl (C=O) groups excluding carboxylic acids is 1. The molecular formula is C10H16O. The van der Waals surface area contributed by atoms with Crippen LogP contribution in [0.5, 0.6) is 0 Å². The van der Waals surface area contributed by atoms with Crippen molar-refractivity contribution in [3.05, 3.63) is 0 Å². The Bertz CT molecular complexity index is 174. The van der Waals surface area contributed by atoms with E-state index in [2.05, 4.69) is 13.8 Å². The number of hydrogen-bond donors (Lipinski definition) is 0. The maximum atomic E-state index is 10.7. The Morgan fingerprint density at radius 1 is 1.27 bits per heavy atom. The van der Waals surface area contributed by atoms with Crippen molar-refractivity contribution in [3.8, 4) is 0 Å². The summed E-state index contributed by atoms with van der Waals surface area (Å²) in [5.74, 6) is 3.54. The maximum Gasteiger partial charge on any atom is 0.123 e. The van der Waals surface area contributed by atoms with Gasteiger partial charge in [0.2, 0.25) is 0 Å². The highest BCUT2D eigenvalue weighted by molar-refractivity contribution is 5.56. The lowest BCUT2D eigenvalue weighted by Crippen LogP contribution is -2.25. The fraction of sp³-hybridized carbons (Fsp3) is 0.900. The number of hydrogen-bond acceptors (Lipinski definition) is 1. The third kappa shape index (κ3) is 0.863. The van der Waals surface area contributed by atoms with Crippen LogP contribution in [-0.4, -0.2) is 6.29 Å². The molecule has 62 valence electrons. The zero-order valence-corrected chi connectivity index (χ0v) is 7.29. The molecule has 0 heterocycles. The largest absolute Gasteiger partial charge is 0.303 e. The van der Waals surface area contributed by atoms with Crippen LogP contribution in [0.3, 0.4) is 0 Å². The molecule has 0 aromatic rings.